The number of hydrogen-bond acceptors (Lipinski definition) is 2. The van der Waals surface area contributed by atoms with Crippen molar-refractivity contribution >= 4 is 11.6 Å². The highest BCUT2D eigenvalue weighted by Crippen LogP contribution is 2.16. The van der Waals surface area contributed by atoms with Gasteiger partial charge in [0.05, 0.1) is 6.42 Å². The van der Waals surface area contributed by atoms with E-state index in [2.05, 4.69) is 16.3 Å². The summed E-state index contributed by atoms with van der Waals surface area (Å²) in [6, 6.07) is 14.1. The van der Waals surface area contributed by atoms with E-state index in [0.717, 1.165) is 25.3 Å². The lowest BCUT2D eigenvalue weighted by Crippen LogP contribution is -2.19. The van der Waals surface area contributed by atoms with Crippen LogP contribution in [0.15, 0.2) is 48.5 Å². The summed E-state index contributed by atoms with van der Waals surface area (Å²) >= 11 is 0. The molecule has 0 atom stereocenters. The van der Waals surface area contributed by atoms with Crippen LogP contribution in [0.25, 0.3) is 0 Å². The highest BCUT2D eigenvalue weighted by atomic mass is 19.1. The molecular formula is C19H21FN2O. The van der Waals surface area contributed by atoms with Crippen LogP contribution in [0.5, 0.6) is 0 Å². The molecule has 1 aliphatic heterocycles. The molecule has 3 nitrogen and oxygen atoms in total. The second kappa shape index (κ2) is 7.38. The van der Waals surface area contributed by atoms with Gasteiger partial charge in [0.2, 0.25) is 5.91 Å². The van der Waals surface area contributed by atoms with E-state index in [0.29, 0.717) is 5.56 Å². The predicted molar refractivity (Wildman–Crippen MR) is 89.7 cm³/mol. The number of nitrogens with one attached hydrogen (secondary N) is 1. The fraction of sp³-hybridized carbons (Fsp3) is 0.316. The van der Waals surface area contributed by atoms with Crippen molar-refractivity contribution in [2.75, 3.05) is 18.4 Å². The summed E-state index contributed by atoms with van der Waals surface area (Å²) in [5.74, 6) is -0.447. The normalized spacial score (nSPS) is 14.8. The van der Waals surface area contributed by atoms with Crippen molar-refractivity contribution < 1.29 is 9.18 Å². The van der Waals surface area contributed by atoms with Gasteiger partial charge < -0.3 is 5.32 Å². The predicted octanol–water partition coefficient (Wildman–Crippen LogP) is 3.60. The van der Waals surface area contributed by atoms with E-state index in [9.17, 15) is 9.18 Å². The van der Waals surface area contributed by atoms with Crippen LogP contribution in [0.2, 0.25) is 0 Å². The molecule has 0 bridgehead atoms. The van der Waals surface area contributed by atoms with Gasteiger partial charge in [0.25, 0.3) is 0 Å². The minimum atomic E-state index is -0.317. The van der Waals surface area contributed by atoms with E-state index in [1.54, 1.807) is 12.1 Å². The third-order valence-corrected chi connectivity index (χ3v) is 4.07. The highest BCUT2D eigenvalue weighted by molar-refractivity contribution is 5.92. The summed E-state index contributed by atoms with van der Waals surface area (Å²) in [6.07, 6.45) is 2.71. The van der Waals surface area contributed by atoms with Crippen molar-refractivity contribution in [1.82, 2.24) is 4.90 Å². The summed E-state index contributed by atoms with van der Waals surface area (Å²) in [7, 11) is 0. The molecule has 2 aromatic carbocycles. The van der Waals surface area contributed by atoms with Gasteiger partial charge in [0.1, 0.15) is 5.82 Å². The van der Waals surface area contributed by atoms with Crippen LogP contribution in [-0.4, -0.2) is 23.9 Å². The fourth-order valence-corrected chi connectivity index (χ4v) is 2.98. The zero-order valence-corrected chi connectivity index (χ0v) is 13.1. The molecule has 23 heavy (non-hydrogen) atoms. The topological polar surface area (TPSA) is 32.3 Å². The largest absolute Gasteiger partial charge is 0.326 e. The Balaban J connectivity index is 1.59. The van der Waals surface area contributed by atoms with E-state index in [1.807, 2.05) is 18.2 Å². The molecule has 1 amide bonds. The Hall–Kier alpha value is -2.20. The molecule has 1 heterocycles. The Morgan fingerprint density at radius 1 is 1.04 bits per heavy atom. The van der Waals surface area contributed by atoms with Crippen LogP contribution in [-0.2, 0) is 17.8 Å². The van der Waals surface area contributed by atoms with Crippen LogP contribution in [0, 0.1) is 5.82 Å². The molecule has 1 fully saturated rings. The highest BCUT2D eigenvalue weighted by Gasteiger charge is 2.12. The maximum Gasteiger partial charge on any atom is 0.228 e. The summed E-state index contributed by atoms with van der Waals surface area (Å²) in [5.41, 5.74) is 2.68. The Bertz CT molecular complexity index is 681. The monoisotopic (exact) mass is 312 g/mol. The number of carbonyl (C=O) groups is 1. The van der Waals surface area contributed by atoms with Crippen molar-refractivity contribution in [3.8, 4) is 0 Å². The first-order valence-corrected chi connectivity index (χ1v) is 8.05. The average molecular weight is 312 g/mol. The van der Waals surface area contributed by atoms with Crippen LogP contribution in [0.1, 0.15) is 24.0 Å². The molecule has 0 unspecified atom stereocenters. The Morgan fingerprint density at radius 3 is 2.57 bits per heavy atom. The number of halogens is 1. The van der Waals surface area contributed by atoms with Gasteiger partial charge in [0, 0.05) is 12.2 Å². The lowest BCUT2D eigenvalue weighted by atomic mass is 10.1. The molecule has 0 saturated carbocycles. The quantitative estimate of drug-likeness (QED) is 0.915. The molecule has 0 aliphatic carbocycles. The summed E-state index contributed by atoms with van der Waals surface area (Å²) < 4.78 is 13.2. The smallest absolute Gasteiger partial charge is 0.228 e. The first-order chi connectivity index (χ1) is 11.2. The first kappa shape index (κ1) is 15.7. The number of amides is 1. The number of anilines is 1. The molecular weight excluding hydrogens is 291 g/mol. The van der Waals surface area contributed by atoms with Gasteiger partial charge >= 0.3 is 0 Å². The SMILES string of the molecule is O=C(Cc1cccc(F)c1)Nc1cccc(CN2CCCC2)c1. The third-order valence-electron chi connectivity index (χ3n) is 4.07. The third kappa shape index (κ3) is 4.63. The van der Waals surface area contributed by atoms with Crippen molar-refractivity contribution in [2.24, 2.45) is 0 Å². The van der Waals surface area contributed by atoms with Gasteiger partial charge in [-0.15, -0.1) is 0 Å². The average Bonchev–Trinajstić information content (AvgIpc) is 3.00. The Morgan fingerprint density at radius 2 is 1.78 bits per heavy atom. The van der Waals surface area contributed by atoms with E-state index in [4.69, 9.17) is 0 Å². The van der Waals surface area contributed by atoms with E-state index < -0.39 is 0 Å². The van der Waals surface area contributed by atoms with Gasteiger partial charge in [-0.25, -0.2) is 4.39 Å². The van der Waals surface area contributed by atoms with Crippen molar-refractivity contribution in [3.63, 3.8) is 0 Å². The second-order valence-corrected chi connectivity index (χ2v) is 6.04. The first-order valence-electron chi connectivity index (χ1n) is 8.05. The van der Waals surface area contributed by atoms with Crippen LogP contribution in [0.4, 0.5) is 10.1 Å². The minimum Gasteiger partial charge on any atom is -0.326 e. The molecule has 2 aromatic rings. The fourth-order valence-electron chi connectivity index (χ4n) is 2.98. The second-order valence-electron chi connectivity index (χ2n) is 6.04. The maximum atomic E-state index is 13.2. The van der Waals surface area contributed by atoms with E-state index in [-0.39, 0.29) is 18.1 Å². The molecule has 3 rings (SSSR count). The maximum absolute atomic E-state index is 13.2. The van der Waals surface area contributed by atoms with Gasteiger partial charge in [-0.1, -0.05) is 24.3 Å². The van der Waals surface area contributed by atoms with Crippen LogP contribution in [0.3, 0.4) is 0 Å². The van der Waals surface area contributed by atoms with E-state index >= 15 is 0 Å². The van der Waals surface area contributed by atoms with Crippen LogP contribution >= 0.6 is 0 Å². The Kier molecular flexibility index (Phi) is 5.03. The molecule has 1 saturated heterocycles. The number of benzene rings is 2. The molecule has 0 aromatic heterocycles. The van der Waals surface area contributed by atoms with E-state index in [1.165, 1.54) is 30.5 Å². The standard InChI is InChI=1S/C19H21FN2O/c20-17-7-3-5-15(11-17)13-19(23)21-18-8-4-6-16(12-18)14-22-9-1-2-10-22/h3-8,11-12H,1-2,9-10,13-14H2,(H,21,23). The summed E-state index contributed by atoms with van der Waals surface area (Å²) in [4.78, 5) is 14.5. The van der Waals surface area contributed by atoms with Crippen molar-refractivity contribution in [3.05, 3.63) is 65.5 Å². The minimum absolute atomic E-state index is 0.131. The number of carbonyl (C=O) groups excluding carboxylic acids is 1. The lowest BCUT2D eigenvalue weighted by Gasteiger charge is -2.15. The molecule has 0 radical (unpaired) electrons. The number of likely N-dealkylation sites (tertiary alicyclic amines) is 1. The number of rotatable bonds is 5. The molecule has 1 aliphatic rings. The molecule has 120 valence electrons. The molecule has 1 N–H and O–H groups in total. The number of nitrogens with zero attached hydrogens (tertiary/aromatic N) is 1. The molecule has 4 heteroatoms. The zero-order chi connectivity index (χ0) is 16.1. The lowest BCUT2D eigenvalue weighted by molar-refractivity contribution is -0.115. The summed E-state index contributed by atoms with van der Waals surface area (Å²) in [5, 5.41) is 2.90. The summed E-state index contributed by atoms with van der Waals surface area (Å²) in [6.45, 7) is 3.22. The van der Waals surface area contributed by atoms with Gasteiger partial charge in [0.15, 0.2) is 0 Å². The Labute approximate surface area is 136 Å². The van der Waals surface area contributed by atoms with Crippen LogP contribution < -0.4 is 5.32 Å². The van der Waals surface area contributed by atoms with Crippen molar-refractivity contribution in [2.45, 2.75) is 25.8 Å². The van der Waals surface area contributed by atoms with Gasteiger partial charge in [-0.2, -0.15) is 0 Å². The zero-order valence-electron chi connectivity index (χ0n) is 13.1. The van der Waals surface area contributed by atoms with Gasteiger partial charge in [-0.3, -0.25) is 9.69 Å². The van der Waals surface area contributed by atoms with Crippen molar-refractivity contribution in [1.29, 1.82) is 0 Å². The van der Waals surface area contributed by atoms with Gasteiger partial charge in [-0.05, 0) is 61.3 Å². The molecule has 0 spiro atoms. The number of hydrogen-bond donors (Lipinski definition) is 1.